The molecule has 0 unspecified atom stereocenters. The zero-order valence-corrected chi connectivity index (χ0v) is 15.6. The van der Waals surface area contributed by atoms with Crippen molar-refractivity contribution in [2.24, 2.45) is 10.7 Å². The maximum atomic E-state index is 14.0. The van der Waals surface area contributed by atoms with E-state index in [1.165, 1.54) is 10.7 Å². The second-order valence-electron chi connectivity index (χ2n) is 5.86. The Bertz CT molecular complexity index is 1250. The molecule has 28 heavy (non-hydrogen) atoms. The first-order chi connectivity index (χ1) is 13.3. The summed E-state index contributed by atoms with van der Waals surface area (Å²) in [5.74, 6) is -0.471. The molecule has 8 nitrogen and oxygen atoms in total. The highest BCUT2D eigenvalue weighted by Gasteiger charge is 2.16. The third-order valence-corrected chi connectivity index (χ3v) is 4.85. The first-order valence-corrected chi connectivity index (χ1v) is 9.89. The second-order valence-corrected chi connectivity index (χ2v) is 7.85. The normalized spacial score (nSPS) is 12.9. The van der Waals surface area contributed by atoms with Crippen LogP contribution in [0.4, 0.5) is 4.39 Å². The number of aliphatic imine (C=N–C) groups is 1. The molecule has 0 saturated carbocycles. The van der Waals surface area contributed by atoms with Crippen LogP contribution in [0.2, 0.25) is 0 Å². The summed E-state index contributed by atoms with van der Waals surface area (Å²) in [6.07, 6.45) is 3.34. The van der Waals surface area contributed by atoms with Crippen molar-refractivity contribution < 1.29 is 12.8 Å². The number of nitrogens with zero attached hydrogens (tertiary/aromatic N) is 5. The Morgan fingerprint density at radius 1 is 1.36 bits per heavy atom. The number of allylic oxidation sites excluding steroid dienone is 1. The number of aromatic nitrogens is 3. The van der Waals surface area contributed by atoms with Crippen molar-refractivity contribution in [3.05, 3.63) is 70.8 Å². The van der Waals surface area contributed by atoms with E-state index in [0.29, 0.717) is 16.6 Å². The van der Waals surface area contributed by atoms with Crippen LogP contribution < -0.4 is 5.73 Å². The van der Waals surface area contributed by atoms with Crippen molar-refractivity contribution in [3.8, 4) is 6.07 Å². The lowest BCUT2D eigenvalue weighted by Gasteiger charge is -2.04. The summed E-state index contributed by atoms with van der Waals surface area (Å²) in [4.78, 5) is 7.61. The molecule has 2 aromatic heterocycles. The summed E-state index contributed by atoms with van der Waals surface area (Å²) >= 11 is 0. The monoisotopic (exact) mass is 398 g/mol. The first-order valence-electron chi connectivity index (χ1n) is 8.00. The molecule has 0 radical (unpaired) electrons. The van der Waals surface area contributed by atoms with Crippen LogP contribution in [0.3, 0.4) is 0 Å². The lowest BCUT2D eigenvalue weighted by Crippen LogP contribution is -2.15. The lowest BCUT2D eigenvalue weighted by atomic mass is 10.2. The minimum atomic E-state index is -3.72. The summed E-state index contributed by atoms with van der Waals surface area (Å²) < 4.78 is 38.5. The minimum absolute atomic E-state index is 0.0957. The highest BCUT2D eigenvalue weighted by atomic mass is 32.2. The van der Waals surface area contributed by atoms with E-state index in [1.54, 1.807) is 42.6 Å². The third kappa shape index (κ3) is 3.89. The van der Waals surface area contributed by atoms with Crippen molar-refractivity contribution in [1.29, 1.82) is 5.26 Å². The Balaban J connectivity index is 2.08. The number of pyridine rings is 1. The van der Waals surface area contributed by atoms with Gasteiger partial charge in [-0.3, -0.25) is 0 Å². The van der Waals surface area contributed by atoms with Gasteiger partial charge in [-0.05, 0) is 18.2 Å². The average molecular weight is 398 g/mol. The molecule has 10 heteroatoms. The highest BCUT2D eigenvalue weighted by Crippen LogP contribution is 2.18. The molecule has 0 amide bonds. The van der Waals surface area contributed by atoms with Crippen molar-refractivity contribution in [2.45, 2.75) is 6.54 Å². The molecule has 0 atom stereocenters. The molecule has 0 aliphatic rings. The number of nitrogens with two attached hydrogens (primary N) is 1. The molecular weight excluding hydrogens is 383 g/mol. The van der Waals surface area contributed by atoms with Gasteiger partial charge >= 0.3 is 0 Å². The van der Waals surface area contributed by atoms with Crippen molar-refractivity contribution in [2.75, 3.05) is 6.26 Å². The van der Waals surface area contributed by atoms with Gasteiger partial charge in [0.1, 0.15) is 17.6 Å². The Morgan fingerprint density at radius 3 is 2.79 bits per heavy atom. The topological polar surface area (TPSA) is 127 Å². The number of hydrogen-bond acceptors (Lipinski definition) is 6. The Hall–Kier alpha value is -3.58. The van der Waals surface area contributed by atoms with E-state index >= 15 is 0 Å². The van der Waals surface area contributed by atoms with E-state index in [4.69, 9.17) is 11.0 Å². The fourth-order valence-electron chi connectivity index (χ4n) is 2.49. The van der Waals surface area contributed by atoms with Crippen LogP contribution in [0.15, 0.2) is 58.7 Å². The second kappa shape index (κ2) is 7.58. The number of benzene rings is 1. The Kier molecular flexibility index (Phi) is 5.19. The van der Waals surface area contributed by atoms with Crippen LogP contribution in [-0.4, -0.2) is 35.3 Å². The van der Waals surface area contributed by atoms with Crippen LogP contribution in [0, 0.1) is 17.1 Å². The predicted molar refractivity (Wildman–Crippen MR) is 102 cm³/mol. The summed E-state index contributed by atoms with van der Waals surface area (Å²) in [6, 6.07) is 11.3. The zero-order valence-electron chi connectivity index (χ0n) is 14.7. The van der Waals surface area contributed by atoms with Crippen molar-refractivity contribution >= 4 is 26.7 Å². The fraction of sp³-hybridized carbons (Fsp3) is 0.111. The Labute approximate surface area is 160 Å². The standard InChI is InChI=1S/C18H15FN6O2S/c1-28(26,27)13(9-20)10-23-17(21)16-14-6-4-8-22-18(14)25(24-16)11-12-5-2-3-7-15(12)19/h2-8,10H,11H2,1H3,(H2,21,23)/b13-10+. The van der Waals surface area contributed by atoms with Crippen LogP contribution in [0.1, 0.15) is 11.3 Å². The van der Waals surface area contributed by atoms with Gasteiger partial charge in [-0.15, -0.1) is 0 Å². The molecule has 0 fully saturated rings. The molecule has 1 aromatic carbocycles. The van der Waals surface area contributed by atoms with Gasteiger partial charge in [-0.25, -0.2) is 27.5 Å². The molecule has 0 aliphatic carbocycles. The van der Waals surface area contributed by atoms with E-state index in [-0.39, 0.29) is 23.9 Å². The molecule has 0 bridgehead atoms. The maximum Gasteiger partial charge on any atom is 0.187 e. The van der Waals surface area contributed by atoms with Gasteiger partial charge in [-0.2, -0.15) is 10.4 Å². The average Bonchev–Trinajstić information content (AvgIpc) is 3.02. The largest absolute Gasteiger partial charge is 0.382 e. The van der Waals surface area contributed by atoms with E-state index in [1.807, 2.05) is 0 Å². The number of sulfone groups is 1. The van der Waals surface area contributed by atoms with E-state index in [0.717, 1.165) is 12.5 Å². The first kappa shape index (κ1) is 19.2. The lowest BCUT2D eigenvalue weighted by molar-refractivity contribution is 0.589. The van der Waals surface area contributed by atoms with Gasteiger partial charge in [0, 0.05) is 18.0 Å². The third-order valence-electron chi connectivity index (χ3n) is 3.86. The maximum absolute atomic E-state index is 14.0. The highest BCUT2D eigenvalue weighted by molar-refractivity contribution is 7.94. The summed E-state index contributed by atoms with van der Waals surface area (Å²) in [5.41, 5.74) is 7.10. The van der Waals surface area contributed by atoms with Gasteiger partial charge in [0.15, 0.2) is 26.2 Å². The molecule has 3 rings (SSSR count). The van der Waals surface area contributed by atoms with Crippen LogP contribution in [0.25, 0.3) is 11.0 Å². The Morgan fingerprint density at radius 2 is 2.11 bits per heavy atom. The van der Waals surface area contributed by atoms with Gasteiger partial charge in [0.25, 0.3) is 0 Å². The molecule has 2 heterocycles. The van der Waals surface area contributed by atoms with Crippen molar-refractivity contribution in [3.63, 3.8) is 0 Å². The number of halogens is 1. The van der Waals surface area contributed by atoms with Crippen LogP contribution >= 0.6 is 0 Å². The summed E-state index contributed by atoms with van der Waals surface area (Å²) in [6.45, 7) is 0.121. The van der Waals surface area contributed by atoms with E-state index < -0.39 is 14.7 Å². The SMILES string of the molecule is CS(=O)(=O)/C(C#N)=C/N=C(N)c1nn(Cc2ccccc2F)c2ncccc12. The molecule has 0 spiro atoms. The number of nitriles is 1. The molecule has 142 valence electrons. The summed E-state index contributed by atoms with van der Waals surface area (Å²) in [5, 5.41) is 13.9. The van der Waals surface area contributed by atoms with E-state index in [9.17, 15) is 12.8 Å². The van der Waals surface area contributed by atoms with Crippen LogP contribution in [0.5, 0.6) is 0 Å². The molecular formula is C18H15FN6O2S. The number of hydrogen-bond donors (Lipinski definition) is 1. The van der Waals surface area contributed by atoms with Crippen molar-refractivity contribution in [1.82, 2.24) is 14.8 Å². The van der Waals surface area contributed by atoms with Crippen LogP contribution in [-0.2, 0) is 16.4 Å². The quantitative estimate of drug-likeness (QED) is 0.396. The van der Waals surface area contributed by atoms with Gasteiger partial charge in [-0.1, -0.05) is 18.2 Å². The predicted octanol–water partition coefficient (Wildman–Crippen LogP) is 1.73. The van der Waals surface area contributed by atoms with E-state index in [2.05, 4.69) is 15.1 Å². The van der Waals surface area contributed by atoms with Gasteiger partial charge < -0.3 is 5.73 Å². The molecule has 0 aliphatic heterocycles. The molecule has 0 saturated heterocycles. The number of rotatable bonds is 5. The van der Waals surface area contributed by atoms with Gasteiger partial charge in [0.2, 0.25) is 0 Å². The number of amidine groups is 1. The minimum Gasteiger partial charge on any atom is -0.382 e. The number of fused-ring (bicyclic) bond motifs is 1. The smallest absolute Gasteiger partial charge is 0.187 e. The summed E-state index contributed by atoms with van der Waals surface area (Å²) in [7, 11) is -3.72. The fourth-order valence-corrected chi connectivity index (χ4v) is 2.90. The molecule has 2 N–H and O–H groups in total. The van der Waals surface area contributed by atoms with Gasteiger partial charge in [0.05, 0.1) is 18.1 Å². The molecule has 3 aromatic rings. The zero-order chi connectivity index (χ0) is 20.3.